The molecule has 0 spiro atoms. The first-order valence-electron chi connectivity index (χ1n) is 6.67. The van der Waals surface area contributed by atoms with Gasteiger partial charge in [0, 0.05) is 28.9 Å². The molecule has 1 aliphatic carbocycles. The molecule has 1 aromatic heterocycles. The van der Waals surface area contributed by atoms with E-state index in [-0.39, 0.29) is 0 Å². The van der Waals surface area contributed by atoms with Crippen molar-refractivity contribution in [2.24, 2.45) is 5.92 Å². The molecular weight excluding hydrogens is 262 g/mol. The van der Waals surface area contributed by atoms with E-state index in [9.17, 15) is 4.21 Å². The van der Waals surface area contributed by atoms with Crippen molar-refractivity contribution in [3.8, 4) is 5.88 Å². The van der Waals surface area contributed by atoms with Gasteiger partial charge in [-0.05, 0) is 30.9 Å². The second-order valence-corrected chi connectivity index (χ2v) is 6.57. The van der Waals surface area contributed by atoms with E-state index in [0.717, 1.165) is 0 Å². The summed E-state index contributed by atoms with van der Waals surface area (Å²) < 4.78 is 16.9. The van der Waals surface area contributed by atoms with Crippen LogP contribution in [0.5, 0.6) is 5.88 Å². The van der Waals surface area contributed by atoms with Gasteiger partial charge in [0.15, 0.2) is 0 Å². The van der Waals surface area contributed by atoms with Gasteiger partial charge in [0.05, 0.1) is 12.3 Å². The zero-order chi connectivity index (χ0) is 13.7. The first-order valence-corrected chi connectivity index (χ1v) is 8.16. The van der Waals surface area contributed by atoms with Gasteiger partial charge in [-0.2, -0.15) is 4.98 Å². The second kappa shape index (κ2) is 6.75. The van der Waals surface area contributed by atoms with Gasteiger partial charge in [-0.1, -0.05) is 6.92 Å². The molecule has 0 radical (unpaired) electrons. The van der Waals surface area contributed by atoms with Gasteiger partial charge in [-0.15, -0.1) is 0 Å². The smallest absolute Gasteiger partial charge is 0.239 e. The van der Waals surface area contributed by atoms with Crippen molar-refractivity contribution in [2.75, 3.05) is 35.7 Å². The summed E-state index contributed by atoms with van der Waals surface area (Å²) >= 11 is 0. The second-order valence-electron chi connectivity index (χ2n) is 4.70. The highest BCUT2D eigenvalue weighted by molar-refractivity contribution is 7.84. The maximum atomic E-state index is 11.3. The zero-order valence-electron chi connectivity index (χ0n) is 11.2. The molecule has 1 unspecified atom stereocenters. The average Bonchev–Trinajstić information content (AvgIpc) is 3.23. The lowest BCUT2D eigenvalue weighted by Crippen LogP contribution is -2.13. The van der Waals surface area contributed by atoms with Crippen LogP contribution in [0.1, 0.15) is 19.8 Å². The predicted octanol–water partition coefficient (Wildman–Crippen LogP) is 1.63. The van der Waals surface area contributed by atoms with E-state index in [1.807, 2.05) is 13.0 Å². The molecule has 1 fully saturated rings. The lowest BCUT2D eigenvalue weighted by molar-refractivity contribution is 0.290. The van der Waals surface area contributed by atoms with Crippen molar-refractivity contribution in [3.05, 3.63) is 12.1 Å². The Morgan fingerprint density at radius 3 is 3.00 bits per heavy atom. The van der Waals surface area contributed by atoms with Crippen LogP contribution in [0.25, 0.3) is 0 Å². The van der Waals surface area contributed by atoms with Crippen LogP contribution in [0.15, 0.2) is 12.1 Å². The Labute approximate surface area is 116 Å². The number of nitrogens with zero attached hydrogens (tertiary/aromatic N) is 1. The summed E-state index contributed by atoms with van der Waals surface area (Å²) in [5, 5.41) is 3.14. The maximum Gasteiger partial charge on any atom is 0.239 e. The summed E-state index contributed by atoms with van der Waals surface area (Å²) in [6, 6.07) is 3.60. The molecule has 1 heterocycles. The Morgan fingerprint density at radius 2 is 2.32 bits per heavy atom. The highest BCUT2D eigenvalue weighted by atomic mass is 32.2. The fraction of sp³-hybridized carbons (Fsp3) is 0.615. The molecule has 19 heavy (non-hydrogen) atoms. The Morgan fingerprint density at radius 1 is 1.53 bits per heavy atom. The molecule has 2 rings (SSSR count). The zero-order valence-corrected chi connectivity index (χ0v) is 12.0. The first kappa shape index (κ1) is 14.1. The molecule has 0 bridgehead atoms. The van der Waals surface area contributed by atoms with E-state index in [2.05, 4.69) is 10.3 Å². The van der Waals surface area contributed by atoms with Crippen LogP contribution in [0.3, 0.4) is 0 Å². The molecule has 0 aliphatic heterocycles. The minimum absolute atomic E-state index is 0.494. The minimum atomic E-state index is -0.758. The van der Waals surface area contributed by atoms with Gasteiger partial charge in [0.1, 0.15) is 5.82 Å². The van der Waals surface area contributed by atoms with Crippen LogP contribution in [0, 0.1) is 5.92 Å². The summed E-state index contributed by atoms with van der Waals surface area (Å²) in [5.41, 5.74) is 6.39. The summed E-state index contributed by atoms with van der Waals surface area (Å²) in [5.74, 6) is 3.19. The highest BCUT2D eigenvalue weighted by Crippen LogP contribution is 2.30. The number of nitrogen functional groups attached to an aromatic ring is 1. The number of hydrogen-bond donors (Lipinski definition) is 2. The number of pyridine rings is 1. The van der Waals surface area contributed by atoms with E-state index in [4.69, 9.17) is 10.5 Å². The van der Waals surface area contributed by atoms with Crippen molar-refractivity contribution < 1.29 is 8.95 Å². The number of nitrogens with one attached hydrogen (secondary N) is 1. The van der Waals surface area contributed by atoms with Crippen LogP contribution in [-0.4, -0.2) is 33.9 Å². The number of ether oxygens (including phenoxy) is 1. The molecule has 1 atom stereocenters. The van der Waals surface area contributed by atoms with Gasteiger partial charge in [-0.3, -0.25) is 4.21 Å². The number of hydrogen-bond acceptors (Lipinski definition) is 5. The van der Waals surface area contributed by atoms with Crippen LogP contribution in [0.2, 0.25) is 0 Å². The van der Waals surface area contributed by atoms with Gasteiger partial charge < -0.3 is 15.8 Å². The molecule has 1 saturated carbocycles. The summed E-state index contributed by atoms with van der Waals surface area (Å²) in [6.07, 6.45) is 2.47. The van der Waals surface area contributed by atoms with Gasteiger partial charge in [-0.25, -0.2) is 0 Å². The Balaban J connectivity index is 1.85. The molecular formula is C13H21N3O2S. The first-order chi connectivity index (χ1) is 9.19. The fourth-order valence-corrected chi connectivity index (χ4v) is 2.20. The third-order valence-corrected chi connectivity index (χ3v) is 4.30. The maximum absolute atomic E-state index is 11.3. The van der Waals surface area contributed by atoms with E-state index in [0.29, 0.717) is 48.0 Å². The van der Waals surface area contributed by atoms with E-state index in [1.165, 1.54) is 12.8 Å². The van der Waals surface area contributed by atoms with Crippen LogP contribution in [0.4, 0.5) is 11.5 Å². The topological polar surface area (TPSA) is 77.2 Å². The molecule has 106 valence electrons. The fourth-order valence-electron chi connectivity index (χ4n) is 1.58. The van der Waals surface area contributed by atoms with Crippen LogP contribution < -0.4 is 15.8 Å². The standard InChI is InChI=1S/C13H21N3O2S/c1-2-19(17)8-7-15-12-6-5-11(14)13(16-12)18-9-10-3-4-10/h5-6,10H,2-4,7-9,14H2,1H3,(H,15,16). The summed E-state index contributed by atoms with van der Waals surface area (Å²) in [7, 11) is -0.758. The quantitative estimate of drug-likeness (QED) is 0.758. The molecule has 3 N–H and O–H groups in total. The van der Waals surface area contributed by atoms with Gasteiger partial charge >= 0.3 is 0 Å². The number of rotatable bonds is 8. The molecule has 1 aliphatic rings. The SMILES string of the molecule is CCS(=O)CCNc1ccc(N)c(OCC2CC2)n1. The minimum Gasteiger partial charge on any atom is -0.476 e. The third-order valence-electron chi connectivity index (χ3n) is 3.00. The molecule has 5 nitrogen and oxygen atoms in total. The van der Waals surface area contributed by atoms with Crippen LogP contribution >= 0.6 is 0 Å². The highest BCUT2D eigenvalue weighted by Gasteiger charge is 2.22. The van der Waals surface area contributed by atoms with E-state index >= 15 is 0 Å². The molecule has 1 aromatic rings. The number of aromatic nitrogens is 1. The normalized spacial score (nSPS) is 16.1. The van der Waals surface area contributed by atoms with E-state index in [1.54, 1.807) is 6.07 Å². The lowest BCUT2D eigenvalue weighted by Gasteiger charge is -2.10. The summed E-state index contributed by atoms with van der Waals surface area (Å²) in [4.78, 5) is 4.34. The number of nitrogens with two attached hydrogens (primary N) is 1. The van der Waals surface area contributed by atoms with Gasteiger partial charge in [0.2, 0.25) is 5.88 Å². The lowest BCUT2D eigenvalue weighted by atomic mass is 10.4. The van der Waals surface area contributed by atoms with E-state index < -0.39 is 10.8 Å². The van der Waals surface area contributed by atoms with Crippen molar-refractivity contribution >= 4 is 22.3 Å². The predicted molar refractivity (Wildman–Crippen MR) is 78.9 cm³/mol. The van der Waals surface area contributed by atoms with Crippen molar-refractivity contribution in [2.45, 2.75) is 19.8 Å². The molecule has 6 heteroatoms. The Hall–Kier alpha value is -1.30. The Kier molecular flexibility index (Phi) is 5.01. The molecule has 0 amide bonds. The third kappa shape index (κ3) is 4.70. The van der Waals surface area contributed by atoms with Gasteiger partial charge in [0.25, 0.3) is 0 Å². The molecule has 0 aromatic carbocycles. The van der Waals surface area contributed by atoms with Crippen molar-refractivity contribution in [3.63, 3.8) is 0 Å². The number of anilines is 2. The molecule has 0 saturated heterocycles. The monoisotopic (exact) mass is 283 g/mol. The van der Waals surface area contributed by atoms with Crippen molar-refractivity contribution in [1.29, 1.82) is 0 Å². The van der Waals surface area contributed by atoms with Crippen LogP contribution in [-0.2, 0) is 10.8 Å². The Bertz CT molecular complexity index is 450. The summed E-state index contributed by atoms with van der Waals surface area (Å²) in [6.45, 7) is 3.25. The average molecular weight is 283 g/mol. The largest absolute Gasteiger partial charge is 0.476 e. The van der Waals surface area contributed by atoms with Crippen molar-refractivity contribution in [1.82, 2.24) is 4.98 Å².